The quantitative estimate of drug-likeness (QED) is 0.699. The number of carbonyl (C=O) groups is 3. The second kappa shape index (κ2) is 6.59. The van der Waals surface area contributed by atoms with Crippen LogP contribution < -0.4 is 5.32 Å². The molecule has 0 bridgehead atoms. The highest BCUT2D eigenvalue weighted by molar-refractivity contribution is 7.91. The molecule has 140 valence electrons. The number of carbonyl (C=O) groups excluding carboxylic acids is 3. The summed E-state index contributed by atoms with van der Waals surface area (Å²) >= 11 is 0. The smallest absolute Gasteiger partial charge is 0.325 e. The third-order valence-corrected chi connectivity index (χ3v) is 7.18. The summed E-state index contributed by atoms with van der Waals surface area (Å²) in [5, 5.41) is 2.76. The Morgan fingerprint density at radius 2 is 2.00 bits per heavy atom. The van der Waals surface area contributed by atoms with Crippen LogP contribution in [-0.4, -0.2) is 72.2 Å². The Morgan fingerprint density at radius 1 is 1.32 bits per heavy atom. The Morgan fingerprint density at radius 3 is 2.56 bits per heavy atom. The lowest BCUT2D eigenvalue weighted by Gasteiger charge is -2.29. The first kappa shape index (κ1) is 18.2. The van der Waals surface area contributed by atoms with E-state index in [1.54, 1.807) is 0 Å². The zero-order chi connectivity index (χ0) is 18.2. The van der Waals surface area contributed by atoms with E-state index in [4.69, 9.17) is 0 Å². The van der Waals surface area contributed by atoms with Gasteiger partial charge in [-0.15, -0.1) is 0 Å². The van der Waals surface area contributed by atoms with Crippen LogP contribution >= 0.6 is 0 Å². The predicted molar refractivity (Wildman–Crippen MR) is 90.5 cm³/mol. The SMILES string of the molecule is CCCN(C(=O)CN1C(=O)NC2(CCCC2)C1=O)C1CCS(=O)(=O)C1. The van der Waals surface area contributed by atoms with Gasteiger partial charge in [0.1, 0.15) is 12.1 Å². The van der Waals surface area contributed by atoms with Crippen LogP contribution in [0.1, 0.15) is 45.4 Å². The topological polar surface area (TPSA) is 104 Å². The zero-order valence-electron chi connectivity index (χ0n) is 14.5. The summed E-state index contributed by atoms with van der Waals surface area (Å²) < 4.78 is 23.4. The molecular weight excluding hydrogens is 346 g/mol. The summed E-state index contributed by atoms with van der Waals surface area (Å²) in [6.07, 6.45) is 4.10. The highest BCUT2D eigenvalue weighted by Crippen LogP contribution is 2.35. The molecule has 4 amide bonds. The molecule has 1 atom stereocenters. The standard InChI is InChI=1S/C16H25N3O5S/c1-2-8-18(12-5-9-25(23,24)11-12)13(20)10-19-14(21)16(17-15(19)22)6-3-4-7-16/h12H,2-11H2,1H3,(H,17,22). The van der Waals surface area contributed by atoms with Gasteiger partial charge in [-0.2, -0.15) is 0 Å². The summed E-state index contributed by atoms with van der Waals surface area (Å²) in [5.41, 5.74) is -0.830. The molecular formula is C16H25N3O5S. The molecule has 0 aromatic carbocycles. The lowest BCUT2D eigenvalue weighted by atomic mass is 9.98. The summed E-state index contributed by atoms with van der Waals surface area (Å²) in [6.45, 7) is 2.02. The maximum absolute atomic E-state index is 12.7. The van der Waals surface area contributed by atoms with E-state index in [-0.39, 0.29) is 35.9 Å². The molecule has 0 aromatic rings. The maximum Gasteiger partial charge on any atom is 0.325 e. The maximum atomic E-state index is 12.7. The van der Waals surface area contributed by atoms with E-state index in [9.17, 15) is 22.8 Å². The van der Waals surface area contributed by atoms with Crippen molar-refractivity contribution in [2.75, 3.05) is 24.6 Å². The van der Waals surface area contributed by atoms with Crippen LogP contribution in [0.3, 0.4) is 0 Å². The molecule has 1 unspecified atom stereocenters. The highest BCUT2D eigenvalue weighted by atomic mass is 32.2. The van der Waals surface area contributed by atoms with Crippen molar-refractivity contribution in [1.29, 1.82) is 0 Å². The molecule has 1 N–H and O–H groups in total. The average Bonchev–Trinajstić information content (AvgIpc) is 3.21. The minimum atomic E-state index is -3.11. The largest absolute Gasteiger partial charge is 0.337 e. The molecule has 25 heavy (non-hydrogen) atoms. The van der Waals surface area contributed by atoms with Crippen molar-refractivity contribution in [2.24, 2.45) is 0 Å². The fraction of sp³-hybridized carbons (Fsp3) is 0.812. The minimum absolute atomic E-state index is 0.0389. The van der Waals surface area contributed by atoms with Crippen LogP contribution in [-0.2, 0) is 19.4 Å². The number of hydrogen-bond donors (Lipinski definition) is 1. The molecule has 2 aliphatic heterocycles. The normalized spacial score (nSPS) is 27.1. The monoisotopic (exact) mass is 371 g/mol. The van der Waals surface area contributed by atoms with Gasteiger partial charge in [-0.05, 0) is 25.7 Å². The van der Waals surface area contributed by atoms with Crippen molar-refractivity contribution in [2.45, 2.75) is 57.0 Å². The van der Waals surface area contributed by atoms with Gasteiger partial charge < -0.3 is 10.2 Å². The van der Waals surface area contributed by atoms with Crippen molar-refractivity contribution in [3.8, 4) is 0 Å². The number of nitrogens with one attached hydrogen (secondary N) is 1. The molecule has 1 aliphatic carbocycles. The minimum Gasteiger partial charge on any atom is -0.337 e. The molecule has 0 radical (unpaired) electrons. The van der Waals surface area contributed by atoms with E-state index in [2.05, 4.69) is 5.32 Å². The molecule has 0 aromatic heterocycles. The van der Waals surface area contributed by atoms with Gasteiger partial charge in [0.2, 0.25) is 5.91 Å². The van der Waals surface area contributed by atoms with Crippen LogP contribution in [0.2, 0.25) is 0 Å². The Balaban J connectivity index is 1.71. The van der Waals surface area contributed by atoms with Gasteiger partial charge in [0.25, 0.3) is 5.91 Å². The van der Waals surface area contributed by atoms with E-state index < -0.39 is 21.4 Å². The van der Waals surface area contributed by atoms with Crippen molar-refractivity contribution in [1.82, 2.24) is 15.1 Å². The summed E-state index contributed by atoms with van der Waals surface area (Å²) in [6, 6.07) is -0.880. The molecule has 2 heterocycles. The van der Waals surface area contributed by atoms with Crippen LogP contribution in [0, 0.1) is 0 Å². The first-order valence-electron chi connectivity index (χ1n) is 8.92. The molecule has 1 spiro atoms. The first-order valence-corrected chi connectivity index (χ1v) is 10.7. The van der Waals surface area contributed by atoms with Gasteiger partial charge in [-0.25, -0.2) is 13.2 Å². The summed E-state index contributed by atoms with van der Waals surface area (Å²) in [7, 11) is -3.11. The van der Waals surface area contributed by atoms with Crippen LogP contribution in [0.5, 0.6) is 0 Å². The Bertz CT molecular complexity index is 684. The van der Waals surface area contributed by atoms with Crippen molar-refractivity contribution < 1.29 is 22.8 Å². The Kier molecular flexibility index (Phi) is 4.78. The summed E-state index contributed by atoms with van der Waals surface area (Å²) in [4.78, 5) is 40.1. The van der Waals surface area contributed by atoms with E-state index in [0.717, 1.165) is 17.7 Å². The first-order chi connectivity index (χ1) is 11.8. The van der Waals surface area contributed by atoms with Gasteiger partial charge in [0, 0.05) is 12.6 Å². The summed E-state index contributed by atoms with van der Waals surface area (Å²) in [5.74, 6) is -0.637. The fourth-order valence-corrected chi connectivity index (χ4v) is 5.87. The number of hydrogen-bond acceptors (Lipinski definition) is 5. The predicted octanol–water partition coefficient (Wildman–Crippen LogP) is 0.277. The Labute approximate surface area is 147 Å². The van der Waals surface area contributed by atoms with Crippen molar-refractivity contribution in [3.63, 3.8) is 0 Å². The van der Waals surface area contributed by atoms with Crippen LogP contribution in [0.15, 0.2) is 0 Å². The molecule has 3 fully saturated rings. The second-order valence-electron chi connectivity index (χ2n) is 7.25. The van der Waals surface area contributed by atoms with Gasteiger partial charge in [-0.3, -0.25) is 14.5 Å². The van der Waals surface area contributed by atoms with Crippen molar-refractivity contribution in [3.05, 3.63) is 0 Å². The molecule has 3 aliphatic rings. The van der Waals surface area contributed by atoms with Gasteiger partial charge >= 0.3 is 6.03 Å². The molecule has 9 heteroatoms. The molecule has 1 saturated carbocycles. The van der Waals surface area contributed by atoms with Crippen LogP contribution in [0.25, 0.3) is 0 Å². The lowest BCUT2D eigenvalue weighted by Crippen LogP contribution is -2.49. The van der Waals surface area contributed by atoms with Crippen LogP contribution in [0.4, 0.5) is 4.79 Å². The Hall–Kier alpha value is -1.64. The van der Waals surface area contributed by atoms with Crippen molar-refractivity contribution >= 4 is 27.7 Å². The fourth-order valence-electron chi connectivity index (χ4n) is 4.14. The van der Waals surface area contributed by atoms with Gasteiger partial charge in [-0.1, -0.05) is 19.8 Å². The third kappa shape index (κ3) is 3.38. The number of sulfone groups is 1. The average molecular weight is 371 g/mol. The number of imide groups is 1. The van der Waals surface area contributed by atoms with E-state index in [0.29, 0.717) is 32.2 Å². The highest BCUT2D eigenvalue weighted by Gasteiger charge is 2.53. The van der Waals surface area contributed by atoms with E-state index >= 15 is 0 Å². The second-order valence-corrected chi connectivity index (χ2v) is 9.48. The van der Waals surface area contributed by atoms with E-state index in [1.807, 2.05) is 6.92 Å². The van der Waals surface area contributed by atoms with Gasteiger partial charge in [0.05, 0.1) is 11.5 Å². The zero-order valence-corrected chi connectivity index (χ0v) is 15.3. The molecule has 8 nitrogen and oxygen atoms in total. The number of nitrogens with zero attached hydrogens (tertiary/aromatic N) is 2. The van der Waals surface area contributed by atoms with Gasteiger partial charge in [0.15, 0.2) is 9.84 Å². The third-order valence-electron chi connectivity index (χ3n) is 5.43. The number of amides is 4. The lowest BCUT2D eigenvalue weighted by molar-refractivity contribution is -0.140. The van der Waals surface area contributed by atoms with E-state index in [1.165, 1.54) is 4.90 Å². The number of urea groups is 1. The number of rotatable bonds is 5. The molecule has 2 saturated heterocycles. The molecule has 3 rings (SSSR count).